The van der Waals surface area contributed by atoms with Crippen LogP contribution in [0.4, 0.5) is 4.39 Å². The number of ether oxygens (including phenoxy) is 1. The first-order valence-corrected chi connectivity index (χ1v) is 11.5. The average molecular weight is 482 g/mol. The predicted octanol–water partition coefficient (Wildman–Crippen LogP) is 5.43. The van der Waals surface area contributed by atoms with E-state index in [1.165, 1.54) is 24.3 Å². The van der Waals surface area contributed by atoms with Gasteiger partial charge in [0, 0.05) is 43.4 Å². The van der Waals surface area contributed by atoms with E-state index in [1.807, 2.05) is 49.4 Å². The lowest BCUT2D eigenvalue weighted by Gasteiger charge is -2.26. The molecule has 0 saturated carbocycles. The number of hydrogen-bond acceptors (Lipinski definition) is 4. The maximum absolute atomic E-state index is 13.1. The van der Waals surface area contributed by atoms with E-state index in [4.69, 9.17) is 5.11 Å². The van der Waals surface area contributed by atoms with Crippen LogP contribution in [-0.2, 0) is 11.2 Å². The van der Waals surface area contributed by atoms with Gasteiger partial charge in [-0.3, -0.25) is 9.59 Å². The fraction of sp³-hybridized carbons (Fsp3) is 0.310. The molecule has 0 aromatic heterocycles. The van der Waals surface area contributed by atoms with Gasteiger partial charge in [0.1, 0.15) is 12.1 Å². The van der Waals surface area contributed by atoms with Gasteiger partial charge in [0.15, 0.2) is 0 Å². The molecule has 3 aromatic rings. The van der Waals surface area contributed by atoms with Crippen LogP contribution in [0.5, 0.6) is 0 Å². The smallest absolute Gasteiger partial charge is 0.251 e. The Morgan fingerprint density at radius 1 is 0.943 bits per heavy atom. The average Bonchev–Trinajstić information content (AvgIpc) is 2.84. The van der Waals surface area contributed by atoms with Gasteiger partial charge in [-0.2, -0.15) is 0 Å². The lowest BCUT2D eigenvalue weighted by molar-refractivity contribution is 0.0934. The first-order chi connectivity index (χ1) is 16.7. The zero-order valence-electron chi connectivity index (χ0n) is 21.1. The summed E-state index contributed by atoms with van der Waals surface area (Å²) in [5, 5.41) is 11.1. The number of hydrogen-bond donors (Lipinski definition) is 2. The number of aldehydes is 1. The molecule has 2 N–H and O–H groups in total. The molecule has 0 saturated heterocycles. The second kappa shape index (κ2) is 16.3. The topological polar surface area (TPSA) is 75.6 Å². The second-order valence-corrected chi connectivity index (χ2v) is 8.35. The van der Waals surface area contributed by atoms with E-state index in [9.17, 15) is 14.0 Å². The lowest BCUT2D eigenvalue weighted by atomic mass is 9.86. The maximum Gasteiger partial charge on any atom is 0.251 e. The molecule has 0 heterocycles. The third-order valence-electron chi connectivity index (χ3n) is 4.87. The van der Waals surface area contributed by atoms with Gasteiger partial charge in [-0.15, -0.1) is 0 Å². The van der Waals surface area contributed by atoms with E-state index < -0.39 is 0 Å². The number of carbonyl (C=O) groups is 2. The molecule has 3 aromatic carbocycles. The van der Waals surface area contributed by atoms with Crippen LogP contribution in [0.3, 0.4) is 0 Å². The molecule has 0 radical (unpaired) electrons. The van der Waals surface area contributed by atoms with Crippen molar-refractivity contribution in [3.8, 4) is 0 Å². The Kier molecular flexibility index (Phi) is 13.8. The Labute approximate surface area is 208 Å². The second-order valence-electron chi connectivity index (χ2n) is 8.35. The van der Waals surface area contributed by atoms with Gasteiger partial charge in [-0.25, -0.2) is 4.39 Å². The molecular formula is C29H36FNO4. The fourth-order valence-electron chi connectivity index (χ4n) is 3.26. The monoisotopic (exact) mass is 481 g/mol. The molecule has 3 rings (SSSR count). The Hall–Kier alpha value is -3.35. The Morgan fingerprint density at radius 3 is 1.94 bits per heavy atom. The fourth-order valence-corrected chi connectivity index (χ4v) is 3.26. The minimum absolute atomic E-state index is 0.0488. The van der Waals surface area contributed by atoms with Crippen molar-refractivity contribution < 1.29 is 23.8 Å². The molecule has 2 atom stereocenters. The van der Waals surface area contributed by atoms with Crippen LogP contribution in [0.2, 0.25) is 0 Å². The Bertz CT molecular complexity index is 987. The van der Waals surface area contributed by atoms with Gasteiger partial charge >= 0.3 is 0 Å². The van der Waals surface area contributed by atoms with Gasteiger partial charge in [-0.1, -0.05) is 54.6 Å². The molecule has 2 unspecified atom stereocenters. The Balaban J connectivity index is 0.000000778. The number of aliphatic hydroxyl groups excluding tert-OH is 1. The van der Waals surface area contributed by atoms with Crippen molar-refractivity contribution in [3.63, 3.8) is 0 Å². The quantitative estimate of drug-likeness (QED) is 0.441. The number of rotatable bonds is 7. The summed E-state index contributed by atoms with van der Waals surface area (Å²) in [6, 6.07) is 22.9. The van der Waals surface area contributed by atoms with Gasteiger partial charge in [0.2, 0.25) is 0 Å². The molecule has 5 nitrogen and oxygen atoms in total. The highest BCUT2D eigenvalue weighted by molar-refractivity contribution is 5.94. The largest absolute Gasteiger partial charge is 0.394 e. The third-order valence-corrected chi connectivity index (χ3v) is 4.87. The van der Waals surface area contributed by atoms with Crippen molar-refractivity contribution in [1.82, 2.24) is 5.32 Å². The van der Waals surface area contributed by atoms with Crippen LogP contribution in [0, 0.1) is 5.82 Å². The summed E-state index contributed by atoms with van der Waals surface area (Å²) in [5.74, 6) is -0.553. The van der Waals surface area contributed by atoms with Crippen LogP contribution in [0.1, 0.15) is 58.5 Å². The summed E-state index contributed by atoms with van der Waals surface area (Å²) in [5.41, 5.74) is 3.27. The molecule has 0 aliphatic rings. The summed E-state index contributed by atoms with van der Waals surface area (Å²) < 4.78 is 17.4. The predicted molar refractivity (Wildman–Crippen MR) is 138 cm³/mol. The molecular weight excluding hydrogens is 445 g/mol. The number of amides is 1. The van der Waals surface area contributed by atoms with Crippen LogP contribution in [0.15, 0.2) is 78.9 Å². The standard InChI is InChI=1S/C24H22FNO2.C3H8O.C2H6O/c1-17(26-24(28)21-11-13-22(25)14-12-21)23(20-5-3-2-4-6-20)15-18-7-9-19(16-27)10-8-18;1-3(2)4;1-3-2/h2-14,16-17,23H,15H2,1H3,(H,26,28);3-4H,1-2H3;1-2H3. The van der Waals surface area contributed by atoms with Gasteiger partial charge in [0.05, 0.1) is 0 Å². The van der Waals surface area contributed by atoms with Crippen molar-refractivity contribution in [1.29, 1.82) is 0 Å². The molecule has 0 spiro atoms. The number of halogens is 1. The number of aliphatic hydroxyl groups is 1. The zero-order valence-corrected chi connectivity index (χ0v) is 21.1. The summed E-state index contributed by atoms with van der Waals surface area (Å²) in [6.07, 6.45) is 1.37. The first kappa shape index (κ1) is 29.7. The molecule has 1 amide bonds. The van der Waals surface area contributed by atoms with E-state index in [1.54, 1.807) is 40.2 Å². The van der Waals surface area contributed by atoms with E-state index >= 15 is 0 Å². The SMILES string of the molecule is CC(C)O.CC(NC(=O)c1ccc(F)cc1)C(Cc1ccc(C=O)cc1)c1ccccc1.COC. The molecule has 0 bridgehead atoms. The van der Waals surface area contributed by atoms with E-state index in [-0.39, 0.29) is 29.8 Å². The van der Waals surface area contributed by atoms with Crippen LogP contribution >= 0.6 is 0 Å². The van der Waals surface area contributed by atoms with E-state index in [0.717, 1.165) is 17.4 Å². The van der Waals surface area contributed by atoms with Crippen LogP contribution < -0.4 is 5.32 Å². The summed E-state index contributed by atoms with van der Waals surface area (Å²) in [4.78, 5) is 23.4. The van der Waals surface area contributed by atoms with Crippen molar-refractivity contribution in [2.24, 2.45) is 0 Å². The minimum Gasteiger partial charge on any atom is -0.394 e. The van der Waals surface area contributed by atoms with Crippen LogP contribution in [0.25, 0.3) is 0 Å². The normalized spacial score (nSPS) is 11.8. The Morgan fingerprint density at radius 2 is 1.46 bits per heavy atom. The van der Waals surface area contributed by atoms with Gasteiger partial charge < -0.3 is 15.2 Å². The number of methoxy groups -OCH3 is 1. The van der Waals surface area contributed by atoms with Gasteiger partial charge in [0.25, 0.3) is 5.91 Å². The molecule has 188 valence electrons. The van der Waals surface area contributed by atoms with Crippen LogP contribution in [-0.4, -0.2) is 43.7 Å². The highest BCUT2D eigenvalue weighted by atomic mass is 19.1. The van der Waals surface area contributed by atoms with Crippen molar-refractivity contribution in [3.05, 3.63) is 107 Å². The number of carbonyl (C=O) groups excluding carboxylic acids is 2. The molecule has 35 heavy (non-hydrogen) atoms. The highest BCUT2D eigenvalue weighted by Crippen LogP contribution is 2.25. The zero-order chi connectivity index (χ0) is 26.2. The summed E-state index contributed by atoms with van der Waals surface area (Å²) >= 11 is 0. The van der Waals surface area contributed by atoms with E-state index in [0.29, 0.717) is 17.5 Å². The summed E-state index contributed by atoms with van der Waals surface area (Å²) in [7, 11) is 3.25. The van der Waals surface area contributed by atoms with Crippen molar-refractivity contribution in [2.75, 3.05) is 14.2 Å². The lowest BCUT2D eigenvalue weighted by Crippen LogP contribution is -2.37. The molecule has 6 heteroatoms. The van der Waals surface area contributed by atoms with Crippen molar-refractivity contribution >= 4 is 12.2 Å². The number of nitrogens with one attached hydrogen (secondary N) is 1. The minimum atomic E-state index is -0.370. The molecule has 0 aliphatic heterocycles. The third kappa shape index (κ3) is 11.6. The highest BCUT2D eigenvalue weighted by Gasteiger charge is 2.22. The summed E-state index contributed by atoms with van der Waals surface area (Å²) in [6.45, 7) is 5.42. The van der Waals surface area contributed by atoms with Gasteiger partial charge in [-0.05, 0) is 62.6 Å². The molecule has 0 fully saturated rings. The van der Waals surface area contributed by atoms with E-state index in [2.05, 4.69) is 10.1 Å². The maximum atomic E-state index is 13.1. The first-order valence-electron chi connectivity index (χ1n) is 11.5. The molecule has 0 aliphatic carbocycles. The van der Waals surface area contributed by atoms with Crippen molar-refractivity contribution in [2.45, 2.75) is 45.3 Å². The number of benzene rings is 3.